The average molecular weight is 358 g/mol. The van der Waals surface area contributed by atoms with Gasteiger partial charge in [-0.05, 0) is 17.5 Å². The topological polar surface area (TPSA) is 75.7 Å². The lowest BCUT2D eigenvalue weighted by Crippen LogP contribution is -2.54. The molecular weight excluding hydrogens is 332 g/mol. The first-order valence-electron chi connectivity index (χ1n) is 9.31. The van der Waals surface area contributed by atoms with Gasteiger partial charge in [-0.25, -0.2) is 0 Å². The number of ether oxygens (including phenoxy) is 1. The zero-order valence-corrected chi connectivity index (χ0v) is 15.2. The quantitative estimate of drug-likeness (QED) is 0.746. The molecule has 2 aliphatic rings. The smallest absolute Gasteiger partial charge is 0.306 e. The van der Waals surface area contributed by atoms with Gasteiger partial charge >= 0.3 is 5.97 Å². The van der Waals surface area contributed by atoms with Crippen molar-refractivity contribution in [3.8, 4) is 0 Å². The molecule has 6 heteroatoms. The van der Waals surface area contributed by atoms with Crippen molar-refractivity contribution in [3.05, 3.63) is 35.4 Å². The van der Waals surface area contributed by atoms with Gasteiger partial charge in [0.15, 0.2) is 0 Å². The number of carbonyl (C=O) groups is 3. The van der Waals surface area contributed by atoms with E-state index in [1.54, 1.807) is 4.90 Å². The SMILES string of the molecule is CCc1cccc(CC(=O)NCC2CN(C(=O)CC3COC(=O)C3)C2)c1. The van der Waals surface area contributed by atoms with E-state index in [0.717, 1.165) is 12.0 Å². The number of nitrogens with zero attached hydrogens (tertiary/aromatic N) is 1. The second kappa shape index (κ2) is 8.34. The van der Waals surface area contributed by atoms with Crippen LogP contribution in [0.2, 0.25) is 0 Å². The Bertz CT molecular complexity index is 682. The van der Waals surface area contributed by atoms with Gasteiger partial charge in [0, 0.05) is 37.9 Å². The largest absolute Gasteiger partial charge is 0.465 e. The van der Waals surface area contributed by atoms with E-state index >= 15 is 0 Å². The van der Waals surface area contributed by atoms with E-state index in [0.29, 0.717) is 51.4 Å². The van der Waals surface area contributed by atoms with Crippen LogP contribution in [-0.4, -0.2) is 48.9 Å². The van der Waals surface area contributed by atoms with E-state index in [-0.39, 0.29) is 23.7 Å². The Morgan fingerprint density at radius 1 is 1.23 bits per heavy atom. The molecule has 2 amide bonds. The van der Waals surface area contributed by atoms with E-state index in [2.05, 4.69) is 24.4 Å². The molecule has 6 nitrogen and oxygen atoms in total. The molecule has 0 bridgehead atoms. The van der Waals surface area contributed by atoms with Gasteiger partial charge in [-0.15, -0.1) is 0 Å². The van der Waals surface area contributed by atoms with Crippen molar-refractivity contribution < 1.29 is 19.1 Å². The highest BCUT2D eigenvalue weighted by Crippen LogP contribution is 2.22. The molecule has 2 heterocycles. The first-order valence-corrected chi connectivity index (χ1v) is 9.31. The number of carbonyl (C=O) groups excluding carboxylic acids is 3. The number of amides is 2. The van der Waals surface area contributed by atoms with Crippen molar-refractivity contribution in [2.24, 2.45) is 11.8 Å². The van der Waals surface area contributed by atoms with Crippen molar-refractivity contribution in [3.63, 3.8) is 0 Å². The molecule has 1 atom stereocenters. The van der Waals surface area contributed by atoms with Crippen LogP contribution in [0.25, 0.3) is 0 Å². The Morgan fingerprint density at radius 3 is 2.69 bits per heavy atom. The van der Waals surface area contributed by atoms with E-state index in [1.807, 2.05) is 12.1 Å². The minimum absolute atomic E-state index is 0.0182. The Morgan fingerprint density at radius 2 is 2.00 bits per heavy atom. The minimum Gasteiger partial charge on any atom is -0.465 e. The standard InChI is InChI=1S/C20H26N2O4/c1-2-14-4-3-5-15(6-14)7-18(23)21-10-17-11-22(12-17)19(24)8-16-9-20(25)26-13-16/h3-6,16-17H,2,7-13H2,1H3,(H,21,23). The fourth-order valence-corrected chi connectivity index (χ4v) is 3.44. The Labute approximate surface area is 153 Å². The predicted molar refractivity (Wildman–Crippen MR) is 96.3 cm³/mol. The van der Waals surface area contributed by atoms with Gasteiger partial charge < -0.3 is 15.0 Å². The summed E-state index contributed by atoms with van der Waals surface area (Å²) in [5, 5.41) is 2.97. The highest BCUT2D eigenvalue weighted by atomic mass is 16.5. The number of hydrogen-bond donors (Lipinski definition) is 1. The lowest BCUT2D eigenvalue weighted by Gasteiger charge is -2.39. The molecule has 0 aromatic heterocycles. The number of likely N-dealkylation sites (tertiary alicyclic amines) is 1. The van der Waals surface area contributed by atoms with Crippen molar-refractivity contribution in [2.45, 2.75) is 32.6 Å². The van der Waals surface area contributed by atoms with Crippen LogP contribution in [0, 0.1) is 11.8 Å². The van der Waals surface area contributed by atoms with Crippen LogP contribution in [0.15, 0.2) is 24.3 Å². The van der Waals surface area contributed by atoms with Gasteiger partial charge in [0.2, 0.25) is 11.8 Å². The van der Waals surface area contributed by atoms with Gasteiger partial charge in [0.1, 0.15) is 0 Å². The molecule has 1 unspecified atom stereocenters. The lowest BCUT2D eigenvalue weighted by atomic mass is 9.97. The Balaban J connectivity index is 1.33. The number of hydrogen-bond acceptors (Lipinski definition) is 4. The maximum absolute atomic E-state index is 12.1. The highest BCUT2D eigenvalue weighted by molar-refractivity contribution is 5.80. The molecule has 140 valence electrons. The van der Waals surface area contributed by atoms with Crippen LogP contribution >= 0.6 is 0 Å². The van der Waals surface area contributed by atoms with Crippen molar-refractivity contribution in [1.82, 2.24) is 10.2 Å². The molecular formula is C20H26N2O4. The highest BCUT2D eigenvalue weighted by Gasteiger charge is 2.33. The molecule has 0 saturated carbocycles. The molecule has 0 spiro atoms. The fourth-order valence-electron chi connectivity index (χ4n) is 3.44. The predicted octanol–water partition coefficient (Wildman–Crippen LogP) is 1.32. The summed E-state index contributed by atoms with van der Waals surface area (Å²) in [6, 6.07) is 8.09. The van der Waals surface area contributed by atoms with Gasteiger partial charge in [-0.2, -0.15) is 0 Å². The summed E-state index contributed by atoms with van der Waals surface area (Å²) in [6.45, 7) is 4.40. The van der Waals surface area contributed by atoms with Crippen LogP contribution in [0.3, 0.4) is 0 Å². The number of aryl methyl sites for hydroxylation is 1. The molecule has 1 aromatic carbocycles. The fraction of sp³-hybridized carbons (Fsp3) is 0.550. The summed E-state index contributed by atoms with van der Waals surface area (Å²) in [5.74, 6) is 0.215. The van der Waals surface area contributed by atoms with Crippen molar-refractivity contribution in [2.75, 3.05) is 26.2 Å². The molecule has 0 aliphatic carbocycles. The minimum atomic E-state index is -0.212. The summed E-state index contributed by atoms with van der Waals surface area (Å²) >= 11 is 0. The first kappa shape index (κ1) is 18.4. The molecule has 2 aliphatic heterocycles. The summed E-state index contributed by atoms with van der Waals surface area (Å²) in [6.07, 6.45) is 2.07. The van der Waals surface area contributed by atoms with E-state index < -0.39 is 0 Å². The molecule has 1 N–H and O–H groups in total. The summed E-state index contributed by atoms with van der Waals surface area (Å²) < 4.78 is 4.89. The van der Waals surface area contributed by atoms with Crippen LogP contribution in [-0.2, 0) is 32.0 Å². The molecule has 0 radical (unpaired) electrons. The second-order valence-corrected chi connectivity index (χ2v) is 7.28. The molecule has 1 aromatic rings. The number of benzene rings is 1. The summed E-state index contributed by atoms with van der Waals surface area (Å²) in [7, 11) is 0. The monoisotopic (exact) mass is 358 g/mol. The van der Waals surface area contributed by atoms with Crippen LogP contribution in [0.4, 0.5) is 0 Å². The van der Waals surface area contributed by atoms with Gasteiger partial charge in [0.25, 0.3) is 0 Å². The van der Waals surface area contributed by atoms with E-state index in [4.69, 9.17) is 4.74 Å². The van der Waals surface area contributed by atoms with Gasteiger partial charge in [0.05, 0.1) is 19.4 Å². The number of nitrogens with one attached hydrogen (secondary N) is 1. The number of rotatable bonds is 7. The summed E-state index contributed by atoms with van der Waals surface area (Å²) in [4.78, 5) is 37.1. The summed E-state index contributed by atoms with van der Waals surface area (Å²) in [5.41, 5.74) is 2.26. The zero-order valence-electron chi connectivity index (χ0n) is 15.2. The average Bonchev–Trinajstić information content (AvgIpc) is 2.98. The van der Waals surface area contributed by atoms with Crippen LogP contribution in [0.1, 0.15) is 30.9 Å². The maximum atomic E-state index is 12.1. The zero-order chi connectivity index (χ0) is 18.5. The number of esters is 1. The van der Waals surface area contributed by atoms with E-state index in [1.165, 1.54) is 5.56 Å². The van der Waals surface area contributed by atoms with Crippen molar-refractivity contribution >= 4 is 17.8 Å². The third-order valence-electron chi connectivity index (χ3n) is 5.06. The van der Waals surface area contributed by atoms with Crippen LogP contribution in [0.5, 0.6) is 0 Å². The third kappa shape index (κ3) is 4.84. The molecule has 3 rings (SSSR count). The van der Waals surface area contributed by atoms with Crippen molar-refractivity contribution in [1.29, 1.82) is 0 Å². The van der Waals surface area contributed by atoms with Gasteiger partial charge in [-0.3, -0.25) is 14.4 Å². The molecule has 2 saturated heterocycles. The Hall–Kier alpha value is -2.37. The molecule has 2 fully saturated rings. The van der Waals surface area contributed by atoms with E-state index in [9.17, 15) is 14.4 Å². The normalized spacial score (nSPS) is 19.8. The molecule has 26 heavy (non-hydrogen) atoms. The maximum Gasteiger partial charge on any atom is 0.306 e. The lowest BCUT2D eigenvalue weighted by molar-refractivity contribution is -0.139. The van der Waals surface area contributed by atoms with Gasteiger partial charge in [-0.1, -0.05) is 31.2 Å². The first-order chi connectivity index (χ1) is 12.5. The Kier molecular flexibility index (Phi) is 5.91. The second-order valence-electron chi connectivity index (χ2n) is 7.28. The number of cyclic esters (lactones) is 1. The van der Waals surface area contributed by atoms with Crippen LogP contribution < -0.4 is 5.32 Å². The third-order valence-corrected chi connectivity index (χ3v) is 5.06.